The molecule has 0 saturated heterocycles. The van der Waals surface area contributed by atoms with Gasteiger partial charge in [0.15, 0.2) is 0 Å². The minimum atomic E-state index is -0.548. The van der Waals surface area contributed by atoms with Crippen molar-refractivity contribution >= 4 is 34.8 Å². The minimum Gasteiger partial charge on any atom is -0.308 e. The summed E-state index contributed by atoms with van der Waals surface area (Å²) in [6.45, 7) is 1.96. The summed E-state index contributed by atoms with van der Waals surface area (Å²) in [5, 5.41) is 8.38. The Labute approximate surface area is 141 Å². The molecule has 0 aliphatic carbocycles. The second-order valence-corrected chi connectivity index (χ2v) is 5.54. The number of H-pyrrole nitrogens is 1. The van der Waals surface area contributed by atoms with Crippen molar-refractivity contribution in [1.82, 2.24) is 19.6 Å². The Morgan fingerprint density at radius 1 is 1.38 bits per heavy atom. The number of nitrogens with zero attached hydrogens (tertiary/aromatic N) is 3. The predicted octanol–water partition coefficient (Wildman–Crippen LogP) is 2.67. The molecule has 3 aromatic rings. The van der Waals surface area contributed by atoms with Gasteiger partial charge in [0.1, 0.15) is 12.0 Å². The Morgan fingerprint density at radius 3 is 2.96 bits per heavy atom. The highest BCUT2D eigenvalue weighted by atomic mass is 35.5. The van der Waals surface area contributed by atoms with Crippen molar-refractivity contribution in [2.24, 2.45) is 0 Å². The standard InChI is InChI=1S/C15H15ClN6O2/c1-2-4-11-12(13(23)22-14(20-11)17-8-18-22)21-15(24)19-10-6-3-5-9(16)7-10/h3,5-8H,2,4H2,1H3,(H,17,18,20)(H2,19,21,24). The van der Waals surface area contributed by atoms with Crippen molar-refractivity contribution in [2.75, 3.05) is 10.6 Å². The normalized spacial score (nSPS) is 10.8. The van der Waals surface area contributed by atoms with E-state index in [2.05, 4.69) is 25.7 Å². The maximum atomic E-state index is 12.5. The van der Waals surface area contributed by atoms with E-state index in [-0.39, 0.29) is 11.5 Å². The molecule has 0 radical (unpaired) electrons. The van der Waals surface area contributed by atoms with Gasteiger partial charge in [-0.25, -0.2) is 14.8 Å². The number of aryl methyl sites for hydroxylation is 1. The van der Waals surface area contributed by atoms with Crippen LogP contribution in [0.25, 0.3) is 5.78 Å². The number of aromatic amines is 1. The lowest BCUT2D eigenvalue weighted by Gasteiger charge is -2.10. The van der Waals surface area contributed by atoms with E-state index in [9.17, 15) is 9.59 Å². The molecule has 0 unspecified atom stereocenters. The quantitative estimate of drug-likeness (QED) is 0.675. The number of halogens is 1. The molecular formula is C15H15ClN6O2. The molecule has 0 aliphatic heterocycles. The van der Waals surface area contributed by atoms with Gasteiger partial charge in [0.05, 0.1) is 5.69 Å². The van der Waals surface area contributed by atoms with E-state index >= 15 is 0 Å². The topological polar surface area (TPSA) is 104 Å². The zero-order valence-corrected chi connectivity index (χ0v) is 13.6. The Bertz CT molecular complexity index is 949. The summed E-state index contributed by atoms with van der Waals surface area (Å²) >= 11 is 5.89. The number of carbonyl (C=O) groups is 1. The summed E-state index contributed by atoms with van der Waals surface area (Å²) in [6.07, 6.45) is 2.69. The molecule has 8 nitrogen and oxygen atoms in total. The number of fused-ring (bicyclic) bond motifs is 1. The molecule has 0 bridgehead atoms. The van der Waals surface area contributed by atoms with Gasteiger partial charge in [-0.2, -0.15) is 4.52 Å². The first kappa shape index (κ1) is 16.0. The van der Waals surface area contributed by atoms with Gasteiger partial charge in [-0.3, -0.25) is 9.89 Å². The van der Waals surface area contributed by atoms with Crippen LogP contribution < -0.4 is 16.2 Å². The molecule has 0 fully saturated rings. The predicted molar refractivity (Wildman–Crippen MR) is 91.7 cm³/mol. The zero-order chi connectivity index (χ0) is 17.1. The van der Waals surface area contributed by atoms with Gasteiger partial charge in [-0.05, 0) is 24.6 Å². The molecular weight excluding hydrogens is 332 g/mol. The Balaban J connectivity index is 1.90. The van der Waals surface area contributed by atoms with E-state index in [0.29, 0.717) is 22.8 Å². The molecule has 3 rings (SSSR count). The van der Waals surface area contributed by atoms with Crippen LogP contribution in [-0.2, 0) is 6.42 Å². The largest absolute Gasteiger partial charge is 0.323 e. The number of urea groups is 1. The first-order chi connectivity index (χ1) is 11.6. The van der Waals surface area contributed by atoms with Gasteiger partial charge in [-0.15, -0.1) is 0 Å². The monoisotopic (exact) mass is 346 g/mol. The Morgan fingerprint density at radius 2 is 2.21 bits per heavy atom. The van der Waals surface area contributed by atoms with E-state index in [4.69, 9.17) is 11.6 Å². The van der Waals surface area contributed by atoms with E-state index in [1.165, 1.54) is 10.8 Å². The van der Waals surface area contributed by atoms with Crippen LogP contribution in [0.1, 0.15) is 19.0 Å². The summed E-state index contributed by atoms with van der Waals surface area (Å²) in [7, 11) is 0. The van der Waals surface area contributed by atoms with Crippen molar-refractivity contribution in [3.05, 3.63) is 51.7 Å². The third kappa shape index (κ3) is 3.23. The highest BCUT2D eigenvalue weighted by Crippen LogP contribution is 2.16. The molecule has 0 saturated carbocycles. The molecule has 2 aromatic heterocycles. The van der Waals surface area contributed by atoms with Crippen LogP contribution >= 0.6 is 11.6 Å². The van der Waals surface area contributed by atoms with E-state index < -0.39 is 11.6 Å². The molecule has 2 heterocycles. The van der Waals surface area contributed by atoms with Crippen LogP contribution in [0.2, 0.25) is 5.02 Å². The van der Waals surface area contributed by atoms with Crippen LogP contribution in [0.4, 0.5) is 16.2 Å². The summed E-state index contributed by atoms with van der Waals surface area (Å²) in [5.74, 6) is 0.268. The fourth-order valence-electron chi connectivity index (χ4n) is 2.29. The molecule has 0 spiro atoms. The summed E-state index contributed by atoms with van der Waals surface area (Å²) in [5.41, 5.74) is 0.726. The number of anilines is 2. The van der Waals surface area contributed by atoms with Gasteiger partial charge in [0, 0.05) is 10.7 Å². The maximum absolute atomic E-state index is 12.5. The van der Waals surface area contributed by atoms with Crippen LogP contribution in [0.3, 0.4) is 0 Å². The average Bonchev–Trinajstić information content (AvgIpc) is 3.00. The van der Waals surface area contributed by atoms with Crippen LogP contribution in [0.5, 0.6) is 0 Å². The number of carbonyl (C=O) groups excluding carboxylic acids is 1. The number of nitrogens with one attached hydrogen (secondary N) is 3. The summed E-state index contributed by atoms with van der Waals surface area (Å²) < 4.78 is 1.17. The average molecular weight is 347 g/mol. The molecule has 3 N–H and O–H groups in total. The lowest BCUT2D eigenvalue weighted by Crippen LogP contribution is -2.28. The van der Waals surface area contributed by atoms with Gasteiger partial charge in [0.2, 0.25) is 0 Å². The van der Waals surface area contributed by atoms with E-state index in [1.807, 2.05) is 6.92 Å². The fraction of sp³-hybridized carbons (Fsp3) is 0.200. The summed E-state index contributed by atoms with van der Waals surface area (Å²) in [4.78, 5) is 33.0. The first-order valence-corrected chi connectivity index (χ1v) is 7.75. The third-order valence-corrected chi connectivity index (χ3v) is 3.55. The summed E-state index contributed by atoms with van der Waals surface area (Å²) in [6, 6.07) is 6.17. The fourth-order valence-corrected chi connectivity index (χ4v) is 2.48. The van der Waals surface area contributed by atoms with E-state index in [0.717, 1.165) is 6.42 Å². The zero-order valence-electron chi connectivity index (χ0n) is 12.8. The number of hydrogen-bond acceptors (Lipinski definition) is 4. The van der Waals surface area contributed by atoms with Crippen molar-refractivity contribution in [1.29, 1.82) is 0 Å². The number of aromatic nitrogens is 4. The van der Waals surface area contributed by atoms with Crippen LogP contribution in [0.15, 0.2) is 35.4 Å². The Kier molecular flexibility index (Phi) is 4.48. The van der Waals surface area contributed by atoms with Crippen LogP contribution in [-0.4, -0.2) is 25.6 Å². The maximum Gasteiger partial charge on any atom is 0.323 e. The van der Waals surface area contributed by atoms with Gasteiger partial charge in [-0.1, -0.05) is 31.0 Å². The highest BCUT2D eigenvalue weighted by Gasteiger charge is 2.16. The molecule has 2 amide bonds. The van der Waals surface area contributed by atoms with E-state index in [1.54, 1.807) is 24.3 Å². The van der Waals surface area contributed by atoms with Gasteiger partial charge < -0.3 is 10.6 Å². The van der Waals surface area contributed by atoms with Crippen molar-refractivity contribution in [3.8, 4) is 0 Å². The molecule has 124 valence electrons. The highest BCUT2D eigenvalue weighted by molar-refractivity contribution is 6.30. The number of hydrogen-bond donors (Lipinski definition) is 3. The lowest BCUT2D eigenvalue weighted by atomic mass is 10.2. The third-order valence-electron chi connectivity index (χ3n) is 3.32. The van der Waals surface area contributed by atoms with Gasteiger partial charge >= 0.3 is 6.03 Å². The van der Waals surface area contributed by atoms with Crippen molar-refractivity contribution in [3.63, 3.8) is 0 Å². The number of benzene rings is 1. The molecule has 0 aliphatic rings. The molecule has 0 atom stereocenters. The minimum absolute atomic E-state index is 0.123. The molecule has 9 heteroatoms. The van der Waals surface area contributed by atoms with Crippen LogP contribution in [0, 0.1) is 0 Å². The molecule has 1 aromatic carbocycles. The Hall–Kier alpha value is -2.87. The lowest BCUT2D eigenvalue weighted by molar-refractivity contribution is 0.262. The first-order valence-electron chi connectivity index (χ1n) is 7.37. The second-order valence-electron chi connectivity index (χ2n) is 5.10. The number of amides is 2. The number of rotatable bonds is 4. The smallest absolute Gasteiger partial charge is 0.308 e. The second kappa shape index (κ2) is 6.71. The van der Waals surface area contributed by atoms with Crippen molar-refractivity contribution < 1.29 is 4.79 Å². The SMILES string of the molecule is CCCc1nc2nc[nH]n2c(=O)c1NC(=O)Nc1cccc(Cl)c1. The van der Waals surface area contributed by atoms with Gasteiger partial charge in [0.25, 0.3) is 11.3 Å². The van der Waals surface area contributed by atoms with Crippen molar-refractivity contribution in [2.45, 2.75) is 19.8 Å². The molecule has 24 heavy (non-hydrogen) atoms.